The van der Waals surface area contributed by atoms with Gasteiger partial charge in [0, 0.05) is 23.9 Å². The van der Waals surface area contributed by atoms with E-state index < -0.39 is 6.10 Å². The minimum Gasteiger partial charge on any atom is -0.489 e. The molecule has 0 spiro atoms. The molecule has 1 aliphatic rings. The van der Waals surface area contributed by atoms with Crippen LogP contribution in [0.4, 0.5) is 0 Å². The third kappa shape index (κ3) is 2.96. The summed E-state index contributed by atoms with van der Waals surface area (Å²) in [5.41, 5.74) is 2.28. The van der Waals surface area contributed by atoms with Crippen LogP contribution < -0.4 is 9.47 Å². The molecule has 1 aliphatic heterocycles. The topological polar surface area (TPSA) is 51.6 Å². The van der Waals surface area contributed by atoms with Gasteiger partial charge in [0.15, 0.2) is 11.5 Å². The van der Waals surface area contributed by atoms with Crippen LogP contribution in [0, 0.1) is 6.92 Å². The van der Waals surface area contributed by atoms with Crippen LogP contribution in [-0.4, -0.2) is 23.3 Å². The quantitative estimate of drug-likeness (QED) is 0.925. The number of fused-ring (bicyclic) bond motifs is 1. The highest BCUT2D eigenvalue weighted by Crippen LogP contribution is 2.40. The molecule has 2 aromatic rings. The first-order valence-corrected chi connectivity index (χ1v) is 7.22. The second-order valence-electron chi connectivity index (χ2n) is 5.02. The van der Waals surface area contributed by atoms with Crippen molar-refractivity contribution in [2.24, 2.45) is 0 Å². The number of halogens is 1. The zero-order chi connectivity index (χ0) is 14.8. The third-order valence-electron chi connectivity index (χ3n) is 3.39. The fourth-order valence-corrected chi connectivity index (χ4v) is 2.52. The molecule has 5 heteroatoms. The lowest BCUT2D eigenvalue weighted by molar-refractivity contribution is 0.219. The van der Waals surface area contributed by atoms with E-state index in [0.29, 0.717) is 40.9 Å². The smallest absolute Gasteiger partial charge is 0.179 e. The van der Waals surface area contributed by atoms with Crippen molar-refractivity contribution < 1.29 is 14.6 Å². The zero-order valence-corrected chi connectivity index (χ0v) is 12.4. The number of nitrogens with zero attached hydrogens (tertiary/aromatic N) is 1. The van der Waals surface area contributed by atoms with E-state index >= 15 is 0 Å². The first-order chi connectivity index (χ1) is 10.1. The molecule has 0 saturated carbocycles. The maximum absolute atomic E-state index is 10.5. The van der Waals surface area contributed by atoms with E-state index in [2.05, 4.69) is 4.98 Å². The van der Waals surface area contributed by atoms with E-state index in [-0.39, 0.29) is 0 Å². The Labute approximate surface area is 128 Å². The van der Waals surface area contributed by atoms with Crippen LogP contribution in [-0.2, 0) is 0 Å². The number of ether oxygens (including phenoxy) is 2. The van der Waals surface area contributed by atoms with Crippen molar-refractivity contribution in [1.29, 1.82) is 0 Å². The van der Waals surface area contributed by atoms with Crippen LogP contribution in [0.1, 0.15) is 29.3 Å². The Morgan fingerprint density at radius 3 is 2.76 bits per heavy atom. The van der Waals surface area contributed by atoms with Crippen LogP contribution in [0.15, 0.2) is 30.5 Å². The summed E-state index contributed by atoms with van der Waals surface area (Å²) in [7, 11) is 0. The van der Waals surface area contributed by atoms with Gasteiger partial charge in [0.05, 0.1) is 18.2 Å². The maximum Gasteiger partial charge on any atom is 0.179 e. The molecule has 3 rings (SSSR count). The van der Waals surface area contributed by atoms with Crippen molar-refractivity contribution in [3.63, 3.8) is 0 Å². The van der Waals surface area contributed by atoms with E-state index in [0.717, 1.165) is 12.1 Å². The van der Waals surface area contributed by atoms with Crippen LogP contribution in [0.5, 0.6) is 11.5 Å². The Morgan fingerprint density at radius 2 is 2.00 bits per heavy atom. The number of benzene rings is 1. The van der Waals surface area contributed by atoms with Gasteiger partial charge in [-0.1, -0.05) is 17.7 Å². The lowest BCUT2D eigenvalue weighted by Gasteiger charge is -2.15. The molecule has 0 amide bonds. The van der Waals surface area contributed by atoms with Crippen molar-refractivity contribution in [2.75, 3.05) is 13.2 Å². The summed E-state index contributed by atoms with van der Waals surface area (Å²) in [4.78, 5) is 4.20. The van der Waals surface area contributed by atoms with Crippen molar-refractivity contribution in [3.8, 4) is 11.5 Å². The Kier molecular flexibility index (Phi) is 3.99. The summed E-state index contributed by atoms with van der Waals surface area (Å²) >= 11 is 6.24. The number of aliphatic hydroxyl groups is 1. The van der Waals surface area contributed by atoms with E-state index in [4.69, 9.17) is 21.1 Å². The van der Waals surface area contributed by atoms with Crippen LogP contribution in [0.25, 0.3) is 0 Å². The molecule has 0 fully saturated rings. The lowest BCUT2D eigenvalue weighted by Crippen LogP contribution is -2.02. The summed E-state index contributed by atoms with van der Waals surface area (Å²) in [5.74, 6) is 1.13. The second kappa shape index (κ2) is 5.92. The molecular weight excluding hydrogens is 290 g/mol. The number of hydrogen-bond acceptors (Lipinski definition) is 4. The molecule has 1 unspecified atom stereocenters. The lowest BCUT2D eigenvalue weighted by atomic mass is 10.0. The van der Waals surface area contributed by atoms with Crippen LogP contribution in [0.3, 0.4) is 0 Å². The van der Waals surface area contributed by atoms with E-state index in [1.807, 2.05) is 19.1 Å². The molecule has 1 aromatic carbocycles. The third-order valence-corrected chi connectivity index (χ3v) is 3.67. The highest BCUT2D eigenvalue weighted by Gasteiger charge is 2.19. The van der Waals surface area contributed by atoms with Gasteiger partial charge in [-0.25, -0.2) is 0 Å². The van der Waals surface area contributed by atoms with Crippen LogP contribution in [0.2, 0.25) is 5.02 Å². The van der Waals surface area contributed by atoms with Gasteiger partial charge in [-0.2, -0.15) is 0 Å². The minimum atomic E-state index is -0.798. The number of aromatic nitrogens is 1. The van der Waals surface area contributed by atoms with E-state index in [9.17, 15) is 5.11 Å². The van der Waals surface area contributed by atoms with Gasteiger partial charge >= 0.3 is 0 Å². The Hall–Kier alpha value is -1.78. The molecule has 110 valence electrons. The summed E-state index contributed by atoms with van der Waals surface area (Å²) < 4.78 is 11.2. The normalized spacial score (nSPS) is 15.4. The molecule has 0 saturated heterocycles. The average Bonchev–Trinajstić information content (AvgIpc) is 2.73. The predicted octanol–water partition coefficient (Wildman–Crippen LogP) is 3.29. The van der Waals surface area contributed by atoms with Crippen LogP contribution >= 0.6 is 11.6 Å². The molecular formula is C16H16ClNO3. The van der Waals surface area contributed by atoms with Gasteiger partial charge in [0.2, 0.25) is 0 Å². The van der Waals surface area contributed by atoms with Gasteiger partial charge in [-0.3, -0.25) is 4.98 Å². The minimum absolute atomic E-state index is 0.448. The summed E-state index contributed by atoms with van der Waals surface area (Å²) in [5, 5.41) is 10.9. The van der Waals surface area contributed by atoms with Gasteiger partial charge in [-0.05, 0) is 30.7 Å². The van der Waals surface area contributed by atoms with Crippen molar-refractivity contribution >= 4 is 11.6 Å². The first kappa shape index (κ1) is 14.2. The fraction of sp³-hybridized carbons (Fsp3) is 0.312. The molecule has 0 radical (unpaired) electrons. The molecule has 2 heterocycles. The number of aryl methyl sites for hydroxylation is 1. The number of pyridine rings is 1. The summed E-state index contributed by atoms with van der Waals surface area (Å²) in [6.45, 7) is 3.06. The molecule has 1 N–H and O–H groups in total. The molecule has 0 bridgehead atoms. The largest absolute Gasteiger partial charge is 0.489 e. The average molecular weight is 306 g/mol. The molecule has 21 heavy (non-hydrogen) atoms. The predicted molar refractivity (Wildman–Crippen MR) is 80.1 cm³/mol. The van der Waals surface area contributed by atoms with E-state index in [1.165, 1.54) is 0 Å². The number of aliphatic hydroxyl groups excluding tert-OH is 1. The zero-order valence-electron chi connectivity index (χ0n) is 11.7. The Bertz CT molecular complexity index is 643. The second-order valence-corrected chi connectivity index (χ2v) is 5.42. The highest BCUT2D eigenvalue weighted by atomic mass is 35.5. The molecule has 0 aliphatic carbocycles. The molecule has 1 aromatic heterocycles. The Morgan fingerprint density at radius 1 is 1.19 bits per heavy atom. The monoisotopic (exact) mass is 305 g/mol. The SMILES string of the molecule is Cc1ccc(C(O)c2cc(Cl)c3c(c2)OCCCO3)cn1. The van der Waals surface area contributed by atoms with Gasteiger partial charge in [0.25, 0.3) is 0 Å². The standard InChI is InChI=1S/C16H16ClNO3/c1-10-3-4-11(9-18-10)15(19)12-7-13(17)16-14(8-12)20-5-2-6-21-16/h3-4,7-9,15,19H,2,5-6H2,1H3. The Balaban J connectivity index is 1.97. The van der Waals surface area contributed by atoms with Crippen molar-refractivity contribution in [2.45, 2.75) is 19.4 Å². The summed E-state index contributed by atoms with van der Waals surface area (Å²) in [6.07, 6.45) is 1.68. The van der Waals surface area contributed by atoms with Gasteiger partial charge < -0.3 is 14.6 Å². The number of rotatable bonds is 2. The fourth-order valence-electron chi connectivity index (χ4n) is 2.24. The van der Waals surface area contributed by atoms with Crippen molar-refractivity contribution in [3.05, 3.63) is 52.3 Å². The number of hydrogen-bond donors (Lipinski definition) is 1. The van der Waals surface area contributed by atoms with E-state index in [1.54, 1.807) is 18.3 Å². The van der Waals surface area contributed by atoms with Gasteiger partial charge in [-0.15, -0.1) is 0 Å². The van der Waals surface area contributed by atoms with Gasteiger partial charge in [0.1, 0.15) is 6.10 Å². The molecule has 4 nitrogen and oxygen atoms in total. The van der Waals surface area contributed by atoms with Crippen molar-refractivity contribution in [1.82, 2.24) is 4.98 Å². The first-order valence-electron chi connectivity index (χ1n) is 6.85. The molecule has 1 atom stereocenters. The summed E-state index contributed by atoms with van der Waals surface area (Å²) in [6, 6.07) is 7.20. The maximum atomic E-state index is 10.5. The highest BCUT2D eigenvalue weighted by molar-refractivity contribution is 6.32.